The Morgan fingerprint density at radius 1 is 1.28 bits per heavy atom. The molecule has 2 aromatic rings. The third kappa shape index (κ3) is 2.26. The van der Waals surface area contributed by atoms with Crippen LogP contribution in [-0.2, 0) is 6.54 Å². The highest BCUT2D eigenvalue weighted by Crippen LogP contribution is 2.29. The molecule has 3 heterocycles. The van der Waals surface area contributed by atoms with E-state index in [1.807, 2.05) is 12.1 Å². The van der Waals surface area contributed by atoms with Crippen LogP contribution in [0.1, 0.15) is 19.7 Å². The fraction of sp³-hybridized carbons (Fsp3) is 0.462. The smallest absolute Gasteiger partial charge is 0.241 e. The molecular formula is C13H16N4O. The van der Waals surface area contributed by atoms with Crippen molar-refractivity contribution in [1.29, 1.82) is 0 Å². The molecule has 0 bridgehead atoms. The maximum Gasteiger partial charge on any atom is 0.241 e. The molecule has 5 heteroatoms. The number of hydrogen-bond donors (Lipinski definition) is 0. The standard InChI is InChI=1S/C13H16N4O/c1-13(2)8-17(9-13)7-11-15-12(16-18-11)10-3-5-14-6-4-10/h3-6H,7-9H2,1-2H3. The first-order chi connectivity index (χ1) is 8.62. The molecule has 18 heavy (non-hydrogen) atoms. The van der Waals surface area contributed by atoms with Crippen LogP contribution in [0.3, 0.4) is 0 Å². The predicted molar refractivity (Wildman–Crippen MR) is 66.6 cm³/mol. The van der Waals surface area contributed by atoms with Gasteiger partial charge in [0.25, 0.3) is 0 Å². The second-order valence-electron chi connectivity index (χ2n) is 5.56. The van der Waals surface area contributed by atoms with Gasteiger partial charge in [-0.15, -0.1) is 0 Å². The molecule has 0 amide bonds. The summed E-state index contributed by atoms with van der Waals surface area (Å²) < 4.78 is 5.27. The van der Waals surface area contributed by atoms with Crippen LogP contribution < -0.4 is 0 Å². The SMILES string of the molecule is CC1(C)CN(Cc2nc(-c3ccncc3)no2)C1. The van der Waals surface area contributed by atoms with Crippen LogP contribution in [0.25, 0.3) is 11.4 Å². The van der Waals surface area contributed by atoms with E-state index in [0.717, 1.165) is 25.2 Å². The van der Waals surface area contributed by atoms with Crippen molar-refractivity contribution in [3.8, 4) is 11.4 Å². The van der Waals surface area contributed by atoms with E-state index in [1.165, 1.54) is 0 Å². The van der Waals surface area contributed by atoms with E-state index in [4.69, 9.17) is 4.52 Å². The molecule has 0 saturated carbocycles. The lowest BCUT2D eigenvalue weighted by molar-refractivity contribution is 0.0164. The minimum absolute atomic E-state index is 0.425. The van der Waals surface area contributed by atoms with Gasteiger partial charge in [-0.25, -0.2) is 0 Å². The van der Waals surface area contributed by atoms with Gasteiger partial charge in [0, 0.05) is 31.0 Å². The number of aromatic nitrogens is 3. The Morgan fingerprint density at radius 3 is 2.67 bits per heavy atom. The van der Waals surface area contributed by atoms with Crippen molar-refractivity contribution >= 4 is 0 Å². The van der Waals surface area contributed by atoms with Gasteiger partial charge in [-0.3, -0.25) is 9.88 Å². The van der Waals surface area contributed by atoms with E-state index < -0.39 is 0 Å². The highest BCUT2D eigenvalue weighted by atomic mass is 16.5. The first kappa shape index (κ1) is 11.3. The summed E-state index contributed by atoms with van der Waals surface area (Å²) in [4.78, 5) is 10.7. The lowest BCUT2D eigenvalue weighted by Gasteiger charge is -2.45. The Labute approximate surface area is 106 Å². The van der Waals surface area contributed by atoms with E-state index in [9.17, 15) is 0 Å². The number of hydrogen-bond acceptors (Lipinski definition) is 5. The minimum Gasteiger partial charge on any atom is -0.338 e. The van der Waals surface area contributed by atoms with Gasteiger partial charge in [-0.1, -0.05) is 19.0 Å². The molecule has 0 N–H and O–H groups in total. The summed E-state index contributed by atoms with van der Waals surface area (Å²) in [7, 11) is 0. The van der Waals surface area contributed by atoms with Gasteiger partial charge in [0.15, 0.2) is 0 Å². The summed E-state index contributed by atoms with van der Waals surface area (Å²) in [5.74, 6) is 1.31. The molecule has 0 unspecified atom stereocenters. The summed E-state index contributed by atoms with van der Waals surface area (Å²) >= 11 is 0. The van der Waals surface area contributed by atoms with Gasteiger partial charge in [0.1, 0.15) is 0 Å². The Hall–Kier alpha value is -1.75. The molecule has 0 radical (unpaired) electrons. The van der Waals surface area contributed by atoms with Crippen LogP contribution in [0, 0.1) is 5.41 Å². The maximum atomic E-state index is 5.27. The topological polar surface area (TPSA) is 55.1 Å². The van der Waals surface area contributed by atoms with Crippen molar-refractivity contribution in [2.45, 2.75) is 20.4 Å². The van der Waals surface area contributed by atoms with Crippen molar-refractivity contribution in [3.63, 3.8) is 0 Å². The third-order valence-corrected chi connectivity index (χ3v) is 3.07. The fourth-order valence-electron chi connectivity index (χ4n) is 2.40. The first-order valence-corrected chi connectivity index (χ1v) is 6.08. The van der Waals surface area contributed by atoms with E-state index in [0.29, 0.717) is 17.1 Å². The summed E-state index contributed by atoms with van der Waals surface area (Å²) in [5.41, 5.74) is 1.36. The zero-order valence-electron chi connectivity index (χ0n) is 10.6. The Kier molecular flexibility index (Phi) is 2.63. The van der Waals surface area contributed by atoms with E-state index >= 15 is 0 Å². The summed E-state index contributed by atoms with van der Waals surface area (Å²) in [6.07, 6.45) is 3.45. The zero-order valence-corrected chi connectivity index (χ0v) is 10.6. The lowest BCUT2D eigenvalue weighted by Crippen LogP contribution is -2.52. The predicted octanol–water partition coefficient (Wildman–Crippen LogP) is 1.97. The normalized spacial score (nSPS) is 18.6. The number of pyridine rings is 1. The van der Waals surface area contributed by atoms with E-state index in [-0.39, 0.29) is 0 Å². The molecule has 1 fully saturated rings. The summed E-state index contributed by atoms with van der Waals surface area (Å²) in [6.45, 7) is 7.43. The van der Waals surface area contributed by atoms with Gasteiger partial charge in [-0.05, 0) is 17.5 Å². The van der Waals surface area contributed by atoms with Crippen LogP contribution >= 0.6 is 0 Å². The number of rotatable bonds is 3. The average molecular weight is 244 g/mol. The molecule has 2 aromatic heterocycles. The van der Waals surface area contributed by atoms with Crippen LogP contribution in [0.4, 0.5) is 0 Å². The van der Waals surface area contributed by atoms with Crippen molar-refractivity contribution in [3.05, 3.63) is 30.4 Å². The number of likely N-dealkylation sites (tertiary alicyclic amines) is 1. The van der Waals surface area contributed by atoms with Gasteiger partial charge in [0.05, 0.1) is 6.54 Å². The molecule has 1 saturated heterocycles. The zero-order chi connectivity index (χ0) is 12.6. The summed E-state index contributed by atoms with van der Waals surface area (Å²) in [5, 5.41) is 3.99. The van der Waals surface area contributed by atoms with Crippen molar-refractivity contribution in [2.75, 3.05) is 13.1 Å². The van der Waals surface area contributed by atoms with Gasteiger partial charge in [-0.2, -0.15) is 4.98 Å². The second kappa shape index (κ2) is 4.17. The van der Waals surface area contributed by atoms with Gasteiger partial charge in [0.2, 0.25) is 11.7 Å². The molecule has 0 spiro atoms. The molecule has 94 valence electrons. The lowest BCUT2D eigenvalue weighted by atomic mass is 9.84. The van der Waals surface area contributed by atoms with Gasteiger partial charge >= 0.3 is 0 Å². The quantitative estimate of drug-likeness (QED) is 0.826. The molecule has 0 aromatic carbocycles. The van der Waals surface area contributed by atoms with Crippen LogP contribution in [0.5, 0.6) is 0 Å². The van der Waals surface area contributed by atoms with Crippen molar-refractivity contribution < 1.29 is 4.52 Å². The maximum absolute atomic E-state index is 5.27. The molecule has 0 aliphatic carbocycles. The first-order valence-electron chi connectivity index (χ1n) is 6.08. The average Bonchev–Trinajstić information content (AvgIpc) is 2.76. The monoisotopic (exact) mass is 244 g/mol. The second-order valence-corrected chi connectivity index (χ2v) is 5.56. The largest absolute Gasteiger partial charge is 0.338 e. The van der Waals surface area contributed by atoms with Crippen molar-refractivity contribution in [2.24, 2.45) is 5.41 Å². The Bertz CT molecular complexity index is 527. The van der Waals surface area contributed by atoms with E-state index in [2.05, 4.69) is 33.9 Å². The number of nitrogens with zero attached hydrogens (tertiary/aromatic N) is 4. The molecular weight excluding hydrogens is 228 g/mol. The fourth-order valence-corrected chi connectivity index (χ4v) is 2.40. The highest BCUT2D eigenvalue weighted by Gasteiger charge is 2.34. The van der Waals surface area contributed by atoms with E-state index in [1.54, 1.807) is 12.4 Å². The highest BCUT2D eigenvalue weighted by molar-refractivity contribution is 5.52. The summed E-state index contributed by atoms with van der Waals surface area (Å²) in [6, 6.07) is 3.75. The molecule has 3 rings (SSSR count). The molecule has 1 aliphatic heterocycles. The van der Waals surface area contributed by atoms with Crippen LogP contribution in [0.15, 0.2) is 29.0 Å². The van der Waals surface area contributed by atoms with Crippen LogP contribution in [-0.4, -0.2) is 33.1 Å². The Balaban J connectivity index is 1.68. The van der Waals surface area contributed by atoms with Crippen molar-refractivity contribution in [1.82, 2.24) is 20.0 Å². The molecule has 0 atom stereocenters. The molecule has 5 nitrogen and oxygen atoms in total. The Morgan fingerprint density at radius 2 is 2.00 bits per heavy atom. The molecule has 1 aliphatic rings. The van der Waals surface area contributed by atoms with Crippen LogP contribution in [0.2, 0.25) is 0 Å². The third-order valence-electron chi connectivity index (χ3n) is 3.07. The minimum atomic E-state index is 0.425. The van der Waals surface area contributed by atoms with Gasteiger partial charge < -0.3 is 4.52 Å².